The summed E-state index contributed by atoms with van der Waals surface area (Å²) in [7, 11) is 0. The minimum atomic E-state index is -0.169. The first-order valence-corrected chi connectivity index (χ1v) is 11.8. The molecule has 0 aromatic heterocycles. The zero-order valence-electron chi connectivity index (χ0n) is 17.7. The zero-order chi connectivity index (χ0) is 19.8. The maximum absolute atomic E-state index is 12.1. The fraction of sp³-hybridized carbons (Fsp3) is 0.875. The third-order valence-electron chi connectivity index (χ3n) is 10.7. The van der Waals surface area contributed by atoms with Crippen molar-refractivity contribution >= 4 is 5.97 Å². The molecule has 0 radical (unpaired) electrons. The van der Waals surface area contributed by atoms with Crippen LogP contribution in [0.1, 0.15) is 58.8 Å². The van der Waals surface area contributed by atoms with Crippen molar-refractivity contribution in [2.45, 2.75) is 83.5 Å². The molecule has 10 atom stereocenters. The van der Waals surface area contributed by atoms with Crippen molar-refractivity contribution in [3.8, 4) is 0 Å². The molecular formula is C24H33NO4. The number of ether oxygens (including phenoxy) is 3. The molecule has 4 saturated heterocycles. The summed E-state index contributed by atoms with van der Waals surface area (Å²) in [5, 5.41) is 0. The zero-order valence-corrected chi connectivity index (χ0v) is 17.7. The minimum Gasteiger partial charge on any atom is -0.457 e. The van der Waals surface area contributed by atoms with Gasteiger partial charge < -0.3 is 14.2 Å². The highest BCUT2D eigenvalue weighted by atomic mass is 16.6. The Morgan fingerprint density at radius 1 is 1.17 bits per heavy atom. The van der Waals surface area contributed by atoms with Crippen molar-refractivity contribution in [1.82, 2.24) is 4.90 Å². The van der Waals surface area contributed by atoms with E-state index in [4.69, 9.17) is 14.2 Å². The Morgan fingerprint density at radius 3 is 2.86 bits per heavy atom. The molecule has 9 rings (SSSR count). The molecule has 4 heterocycles. The number of fused-ring (bicyclic) bond motifs is 4. The van der Waals surface area contributed by atoms with Gasteiger partial charge in [-0.3, -0.25) is 4.79 Å². The molecule has 9 fully saturated rings. The fourth-order valence-corrected chi connectivity index (χ4v) is 10.0. The van der Waals surface area contributed by atoms with Gasteiger partial charge in [-0.15, -0.1) is 0 Å². The molecule has 0 aromatic carbocycles. The molecule has 5 aliphatic carbocycles. The topological polar surface area (TPSA) is 48.0 Å². The van der Waals surface area contributed by atoms with Gasteiger partial charge in [-0.25, -0.2) is 4.90 Å². The van der Waals surface area contributed by atoms with E-state index in [1.807, 2.05) is 0 Å². The van der Waals surface area contributed by atoms with Crippen LogP contribution in [0.3, 0.4) is 0 Å². The number of carbonyl (C=O) groups excluding carboxylic acids is 1. The van der Waals surface area contributed by atoms with E-state index >= 15 is 0 Å². The van der Waals surface area contributed by atoms with Gasteiger partial charge in [-0.2, -0.15) is 0 Å². The van der Waals surface area contributed by atoms with E-state index < -0.39 is 0 Å². The van der Waals surface area contributed by atoms with Gasteiger partial charge in [-0.1, -0.05) is 19.9 Å². The number of carbonyl (C=O) groups is 1. The molecule has 4 unspecified atom stereocenters. The molecule has 0 aromatic rings. The lowest BCUT2D eigenvalue weighted by Crippen LogP contribution is -2.83. The highest BCUT2D eigenvalue weighted by Crippen LogP contribution is 2.79. The fourth-order valence-electron chi connectivity index (χ4n) is 10.0. The van der Waals surface area contributed by atoms with E-state index in [-0.39, 0.29) is 46.9 Å². The second-order valence-electron chi connectivity index (χ2n) is 11.4. The molecule has 5 saturated carbocycles. The lowest BCUT2D eigenvalue weighted by atomic mass is 9.32. The van der Waals surface area contributed by atoms with E-state index in [1.54, 1.807) is 6.92 Å². The first-order valence-electron chi connectivity index (χ1n) is 11.8. The standard InChI is InChI=1S/C24H33NO4/c1-13-15-5-8-24(19(13)28-14(2)26)17(11-15)23-7-4-6-22(3)16(23)12-18(24)29-21(23)25-9-10-27-20(22)25/h15-21H,1,4-12H2,2-3H3/t15?,16-,17+,18?,19+,20?,21?,22-,23+,24-/m1/s1. The monoisotopic (exact) mass is 399 g/mol. The summed E-state index contributed by atoms with van der Waals surface area (Å²) in [6.07, 6.45) is 8.86. The Kier molecular flexibility index (Phi) is 3.23. The Bertz CT molecular complexity index is 813. The van der Waals surface area contributed by atoms with Crippen LogP contribution in [0.4, 0.5) is 0 Å². The van der Waals surface area contributed by atoms with E-state index in [9.17, 15) is 4.79 Å². The maximum atomic E-state index is 12.1. The van der Waals surface area contributed by atoms with Gasteiger partial charge in [0, 0.05) is 29.7 Å². The highest BCUT2D eigenvalue weighted by Gasteiger charge is 2.81. The Balaban J connectivity index is 1.42. The Hall–Kier alpha value is -0.910. The number of esters is 1. The third-order valence-corrected chi connectivity index (χ3v) is 10.7. The summed E-state index contributed by atoms with van der Waals surface area (Å²) < 4.78 is 19.5. The van der Waals surface area contributed by atoms with Crippen LogP contribution < -0.4 is 0 Å². The largest absolute Gasteiger partial charge is 0.457 e. The van der Waals surface area contributed by atoms with Gasteiger partial charge in [-0.05, 0) is 61.9 Å². The van der Waals surface area contributed by atoms with Crippen molar-refractivity contribution in [3.05, 3.63) is 12.2 Å². The Morgan fingerprint density at radius 2 is 2.03 bits per heavy atom. The van der Waals surface area contributed by atoms with E-state index in [1.165, 1.54) is 37.7 Å². The van der Waals surface area contributed by atoms with E-state index in [2.05, 4.69) is 18.4 Å². The van der Waals surface area contributed by atoms with Crippen molar-refractivity contribution in [1.29, 1.82) is 0 Å². The van der Waals surface area contributed by atoms with Crippen LogP contribution in [0.2, 0.25) is 0 Å². The van der Waals surface area contributed by atoms with E-state index in [0.29, 0.717) is 17.8 Å². The van der Waals surface area contributed by atoms with Crippen LogP contribution in [0.5, 0.6) is 0 Å². The number of rotatable bonds is 1. The number of nitrogens with zero attached hydrogens (tertiary/aromatic N) is 1. The number of piperidine rings is 1. The molecule has 5 nitrogen and oxygen atoms in total. The van der Waals surface area contributed by atoms with Crippen LogP contribution in [-0.2, 0) is 19.0 Å². The molecular weight excluding hydrogens is 366 g/mol. The molecule has 2 spiro atoms. The Labute approximate surface area is 173 Å². The molecule has 5 heteroatoms. The van der Waals surface area contributed by atoms with Gasteiger partial charge in [0.1, 0.15) is 18.6 Å². The molecule has 7 bridgehead atoms. The summed E-state index contributed by atoms with van der Waals surface area (Å²) >= 11 is 0. The maximum Gasteiger partial charge on any atom is 0.303 e. The normalized spacial score (nSPS) is 59.4. The van der Waals surface area contributed by atoms with Crippen LogP contribution >= 0.6 is 0 Å². The minimum absolute atomic E-state index is 0.0594. The summed E-state index contributed by atoms with van der Waals surface area (Å²) in [5.41, 5.74) is 1.51. The van der Waals surface area contributed by atoms with Gasteiger partial charge in [0.2, 0.25) is 0 Å². The second-order valence-corrected chi connectivity index (χ2v) is 11.4. The van der Waals surface area contributed by atoms with Crippen molar-refractivity contribution < 1.29 is 19.0 Å². The molecule has 4 aliphatic heterocycles. The molecule has 158 valence electrons. The highest BCUT2D eigenvalue weighted by molar-refractivity contribution is 5.67. The van der Waals surface area contributed by atoms with Crippen molar-refractivity contribution in [2.24, 2.45) is 34.0 Å². The SMILES string of the molecule is C=C1C2CC[C@@]3(C4C[C@H]5[C@@]6(CCC[C@@]5(C)C5OCCN5C6O4)[C@@H]3C2)[C@H]1OC(C)=O. The van der Waals surface area contributed by atoms with Crippen molar-refractivity contribution in [3.63, 3.8) is 0 Å². The summed E-state index contributed by atoms with van der Waals surface area (Å²) in [4.78, 5) is 14.7. The lowest BCUT2D eigenvalue weighted by Gasteiger charge is -2.80. The quantitative estimate of drug-likeness (QED) is 0.499. The van der Waals surface area contributed by atoms with Crippen LogP contribution in [0, 0.1) is 34.0 Å². The first kappa shape index (κ1) is 17.7. The third kappa shape index (κ3) is 1.74. The van der Waals surface area contributed by atoms with Gasteiger partial charge in [0.25, 0.3) is 0 Å². The van der Waals surface area contributed by atoms with Crippen molar-refractivity contribution in [2.75, 3.05) is 13.2 Å². The van der Waals surface area contributed by atoms with Gasteiger partial charge >= 0.3 is 5.97 Å². The molecule has 0 amide bonds. The van der Waals surface area contributed by atoms with Crippen LogP contribution in [0.25, 0.3) is 0 Å². The summed E-state index contributed by atoms with van der Waals surface area (Å²) in [6, 6.07) is 0. The molecule has 0 N–H and O–H groups in total. The smallest absolute Gasteiger partial charge is 0.303 e. The van der Waals surface area contributed by atoms with Crippen LogP contribution in [0.15, 0.2) is 12.2 Å². The second kappa shape index (κ2) is 5.28. The number of hydrogen-bond acceptors (Lipinski definition) is 5. The summed E-state index contributed by atoms with van der Waals surface area (Å²) in [6.45, 7) is 10.3. The summed E-state index contributed by atoms with van der Waals surface area (Å²) in [5.74, 6) is 1.57. The number of hydrogen-bond donors (Lipinski definition) is 0. The van der Waals surface area contributed by atoms with Crippen LogP contribution in [-0.4, -0.2) is 48.7 Å². The average Bonchev–Trinajstić information content (AvgIpc) is 3.19. The molecule has 9 aliphatic rings. The molecule has 29 heavy (non-hydrogen) atoms. The van der Waals surface area contributed by atoms with Gasteiger partial charge in [0.15, 0.2) is 0 Å². The van der Waals surface area contributed by atoms with Gasteiger partial charge in [0.05, 0.1) is 12.7 Å². The average molecular weight is 400 g/mol. The first-order chi connectivity index (χ1) is 13.9. The predicted octanol–water partition coefficient (Wildman–Crippen LogP) is 3.48. The van der Waals surface area contributed by atoms with E-state index in [0.717, 1.165) is 26.0 Å². The lowest BCUT2D eigenvalue weighted by molar-refractivity contribution is -0.422. The predicted molar refractivity (Wildman–Crippen MR) is 106 cm³/mol.